The van der Waals surface area contributed by atoms with Gasteiger partial charge in [-0.05, 0) is 25.5 Å². The molecule has 2 aromatic rings. The Kier molecular flexibility index (Phi) is 4.20. The van der Waals surface area contributed by atoms with Crippen LogP contribution in [-0.2, 0) is 12.0 Å². The third kappa shape index (κ3) is 3.08. The lowest BCUT2D eigenvalue weighted by Crippen LogP contribution is -2.31. The molecule has 0 aliphatic heterocycles. The van der Waals surface area contributed by atoms with Crippen molar-refractivity contribution in [2.45, 2.75) is 37.6 Å². The van der Waals surface area contributed by atoms with Gasteiger partial charge >= 0.3 is 6.01 Å². The average molecular weight is 286 g/mol. The summed E-state index contributed by atoms with van der Waals surface area (Å²) in [5, 5.41) is 14.4. The van der Waals surface area contributed by atoms with Crippen LogP contribution in [0.5, 0.6) is 0 Å². The van der Waals surface area contributed by atoms with Crippen LogP contribution in [0.15, 0.2) is 34.7 Å². The minimum absolute atomic E-state index is 0.193. The highest BCUT2D eigenvalue weighted by Gasteiger charge is 2.35. The van der Waals surface area contributed by atoms with Gasteiger partial charge in [-0.25, -0.2) is 0 Å². The molecule has 0 saturated heterocycles. The van der Waals surface area contributed by atoms with Gasteiger partial charge in [0, 0.05) is 12.0 Å². The van der Waals surface area contributed by atoms with E-state index in [1.165, 1.54) is 31.2 Å². The van der Waals surface area contributed by atoms with E-state index in [-0.39, 0.29) is 5.41 Å². The molecular formula is C16H22N4O. The van der Waals surface area contributed by atoms with Crippen molar-refractivity contribution >= 4 is 6.01 Å². The molecule has 2 N–H and O–H groups in total. The van der Waals surface area contributed by atoms with E-state index in [1.54, 1.807) is 0 Å². The first-order chi connectivity index (χ1) is 10.3. The Morgan fingerprint density at radius 1 is 1.14 bits per heavy atom. The van der Waals surface area contributed by atoms with Crippen LogP contribution in [0, 0.1) is 0 Å². The van der Waals surface area contributed by atoms with Gasteiger partial charge in [0.15, 0.2) is 0 Å². The molecule has 1 saturated carbocycles. The van der Waals surface area contributed by atoms with Crippen molar-refractivity contribution in [3.8, 4) is 0 Å². The van der Waals surface area contributed by atoms with Gasteiger partial charge < -0.3 is 15.1 Å². The Morgan fingerprint density at radius 2 is 1.90 bits per heavy atom. The molecule has 0 amide bonds. The van der Waals surface area contributed by atoms with Crippen LogP contribution in [0.25, 0.3) is 0 Å². The van der Waals surface area contributed by atoms with Crippen LogP contribution in [-0.4, -0.2) is 23.8 Å². The van der Waals surface area contributed by atoms with Gasteiger partial charge in [-0.15, -0.1) is 5.10 Å². The molecule has 1 aromatic carbocycles. The van der Waals surface area contributed by atoms with Gasteiger partial charge in [0.1, 0.15) is 0 Å². The summed E-state index contributed by atoms with van der Waals surface area (Å²) in [7, 11) is 1.86. The zero-order valence-corrected chi connectivity index (χ0v) is 12.4. The molecular weight excluding hydrogens is 264 g/mol. The molecule has 3 rings (SSSR count). The largest absolute Gasteiger partial charge is 0.407 e. The van der Waals surface area contributed by atoms with E-state index in [0.717, 1.165) is 6.54 Å². The summed E-state index contributed by atoms with van der Waals surface area (Å²) in [6.07, 6.45) is 4.99. The highest BCUT2D eigenvalue weighted by molar-refractivity contribution is 5.31. The van der Waals surface area contributed by atoms with Crippen LogP contribution in [0.3, 0.4) is 0 Å². The summed E-state index contributed by atoms with van der Waals surface area (Å²) in [6, 6.07) is 11.3. The number of nitrogens with zero attached hydrogens (tertiary/aromatic N) is 2. The lowest BCUT2D eigenvalue weighted by Gasteiger charge is -2.29. The second-order valence-corrected chi connectivity index (χ2v) is 5.74. The molecule has 1 aliphatic rings. The second-order valence-electron chi connectivity index (χ2n) is 5.74. The van der Waals surface area contributed by atoms with Gasteiger partial charge in [0.25, 0.3) is 0 Å². The quantitative estimate of drug-likeness (QED) is 0.855. The van der Waals surface area contributed by atoms with Crippen molar-refractivity contribution in [3.63, 3.8) is 0 Å². The molecule has 0 unspecified atom stereocenters. The Morgan fingerprint density at radius 3 is 2.62 bits per heavy atom. The third-order valence-corrected chi connectivity index (χ3v) is 4.32. The number of nitrogens with one attached hydrogen (secondary N) is 2. The molecule has 0 spiro atoms. The standard InChI is InChI=1S/C16H22N4O/c1-17-11-14-19-20-15(21-14)18-12-16(9-5-6-10-16)13-7-3-2-4-8-13/h2-4,7-8,17H,5-6,9-12H2,1H3,(H,18,20). The molecule has 0 atom stereocenters. The maximum Gasteiger partial charge on any atom is 0.315 e. The molecule has 1 aromatic heterocycles. The molecule has 1 aliphatic carbocycles. The Bertz CT molecular complexity index is 561. The van der Waals surface area contributed by atoms with E-state index in [2.05, 4.69) is 51.2 Å². The SMILES string of the molecule is CNCc1nnc(NCC2(c3ccccc3)CCCC2)o1. The summed E-state index contributed by atoms with van der Waals surface area (Å²) >= 11 is 0. The number of hydrogen-bond donors (Lipinski definition) is 2. The molecule has 0 radical (unpaired) electrons. The highest BCUT2D eigenvalue weighted by Crippen LogP contribution is 2.41. The summed E-state index contributed by atoms with van der Waals surface area (Å²) < 4.78 is 5.57. The van der Waals surface area contributed by atoms with E-state index in [1.807, 2.05) is 7.05 Å². The fourth-order valence-corrected chi connectivity index (χ4v) is 3.20. The minimum Gasteiger partial charge on any atom is -0.407 e. The van der Waals surface area contributed by atoms with E-state index >= 15 is 0 Å². The average Bonchev–Trinajstić information content (AvgIpc) is 3.17. The van der Waals surface area contributed by atoms with Gasteiger partial charge in [0.2, 0.25) is 5.89 Å². The highest BCUT2D eigenvalue weighted by atomic mass is 16.4. The first kappa shape index (κ1) is 14.1. The first-order valence-electron chi connectivity index (χ1n) is 7.59. The molecule has 5 heteroatoms. The molecule has 0 bridgehead atoms. The van der Waals surface area contributed by atoms with Gasteiger partial charge in [0.05, 0.1) is 6.54 Å². The van der Waals surface area contributed by atoms with E-state index in [9.17, 15) is 0 Å². The minimum atomic E-state index is 0.193. The molecule has 21 heavy (non-hydrogen) atoms. The maximum atomic E-state index is 5.57. The van der Waals surface area contributed by atoms with Crippen molar-refractivity contribution in [1.82, 2.24) is 15.5 Å². The summed E-state index contributed by atoms with van der Waals surface area (Å²) in [4.78, 5) is 0. The van der Waals surface area contributed by atoms with Crippen LogP contribution in [0.1, 0.15) is 37.1 Å². The van der Waals surface area contributed by atoms with E-state index < -0.39 is 0 Å². The predicted octanol–water partition coefficient (Wildman–Crippen LogP) is 2.71. The summed E-state index contributed by atoms with van der Waals surface area (Å²) in [5.41, 5.74) is 1.60. The Hall–Kier alpha value is -1.88. The van der Waals surface area contributed by atoms with Crippen LogP contribution < -0.4 is 10.6 Å². The lowest BCUT2D eigenvalue weighted by atomic mass is 9.79. The number of benzene rings is 1. The van der Waals surface area contributed by atoms with Crippen molar-refractivity contribution in [1.29, 1.82) is 0 Å². The third-order valence-electron chi connectivity index (χ3n) is 4.32. The smallest absolute Gasteiger partial charge is 0.315 e. The van der Waals surface area contributed by atoms with Gasteiger partial charge in [-0.2, -0.15) is 0 Å². The number of rotatable bonds is 6. The Labute approximate surface area is 125 Å². The second kappa shape index (κ2) is 6.26. The van der Waals surface area contributed by atoms with Crippen molar-refractivity contribution in [3.05, 3.63) is 41.8 Å². The van der Waals surface area contributed by atoms with Crippen LogP contribution in [0.2, 0.25) is 0 Å². The van der Waals surface area contributed by atoms with Crippen molar-refractivity contribution < 1.29 is 4.42 Å². The molecule has 112 valence electrons. The zero-order valence-electron chi connectivity index (χ0n) is 12.4. The van der Waals surface area contributed by atoms with E-state index in [4.69, 9.17) is 4.42 Å². The maximum absolute atomic E-state index is 5.57. The summed E-state index contributed by atoms with van der Waals surface area (Å²) in [5.74, 6) is 0.611. The number of hydrogen-bond acceptors (Lipinski definition) is 5. The number of anilines is 1. The van der Waals surface area contributed by atoms with Crippen molar-refractivity contribution in [2.24, 2.45) is 0 Å². The predicted molar refractivity (Wildman–Crippen MR) is 82.1 cm³/mol. The fraction of sp³-hybridized carbons (Fsp3) is 0.500. The normalized spacial score (nSPS) is 17.0. The zero-order chi connectivity index (χ0) is 14.5. The molecule has 1 fully saturated rings. The lowest BCUT2D eigenvalue weighted by molar-refractivity contribution is 0.447. The van der Waals surface area contributed by atoms with Crippen LogP contribution in [0.4, 0.5) is 6.01 Å². The van der Waals surface area contributed by atoms with Gasteiger partial charge in [-0.3, -0.25) is 0 Å². The molecule has 1 heterocycles. The summed E-state index contributed by atoms with van der Waals surface area (Å²) in [6.45, 7) is 1.44. The first-order valence-corrected chi connectivity index (χ1v) is 7.59. The monoisotopic (exact) mass is 286 g/mol. The number of aromatic nitrogens is 2. The molecule has 5 nitrogen and oxygen atoms in total. The van der Waals surface area contributed by atoms with Gasteiger partial charge in [-0.1, -0.05) is 48.3 Å². The Balaban J connectivity index is 1.71. The van der Waals surface area contributed by atoms with E-state index in [0.29, 0.717) is 18.5 Å². The topological polar surface area (TPSA) is 63.0 Å². The van der Waals surface area contributed by atoms with Crippen LogP contribution >= 0.6 is 0 Å². The van der Waals surface area contributed by atoms with Crippen molar-refractivity contribution in [2.75, 3.05) is 18.9 Å². The fourth-order valence-electron chi connectivity index (χ4n) is 3.20.